The van der Waals surface area contributed by atoms with Crippen molar-refractivity contribution >= 4 is 0 Å². The van der Waals surface area contributed by atoms with E-state index in [0.717, 1.165) is 6.07 Å². The zero-order valence-corrected chi connectivity index (χ0v) is 8.21. The standard InChI is InChI=1S/C10H12F3NO/c1-6(14)4-7-2-3-9(8(11)5-7)15-10(12)13/h2-3,5-6,10H,4,14H2,1H3. The van der Waals surface area contributed by atoms with Crippen LogP contribution in [-0.2, 0) is 6.42 Å². The van der Waals surface area contributed by atoms with Crippen LogP contribution in [0, 0.1) is 5.82 Å². The van der Waals surface area contributed by atoms with Crippen molar-refractivity contribution in [3.05, 3.63) is 29.6 Å². The van der Waals surface area contributed by atoms with Gasteiger partial charge in [0.1, 0.15) is 0 Å². The average molecular weight is 219 g/mol. The molecule has 2 nitrogen and oxygen atoms in total. The molecule has 0 aromatic heterocycles. The molecular formula is C10H12F3NO. The van der Waals surface area contributed by atoms with Crippen molar-refractivity contribution in [2.75, 3.05) is 0 Å². The lowest BCUT2D eigenvalue weighted by Gasteiger charge is -2.08. The van der Waals surface area contributed by atoms with Gasteiger partial charge in [0.05, 0.1) is 0 Å². The molecule has 1 atom stereocenters. The van der Waals surface area contributed by atoms with Crippen LogP contribution >= 0.6 is 0 Å². The highest BCUT2D eigenvalue weighted by molar-refractivity contribution is 5.29. The minimum absolute atomic E-state index is 0.105. The van der Waals surface area contributed by atoms with E-state index in [1.807, 2.05) is 0 Å². The highest BCUT2D eigenvalue weighted by Crippen LogP contribution is 2.20. The predicted molar refractivity (Wildman–Crippen MR) is 50.4 cm³/mol. The monoisotopic (exact) mass is 219 g/mol. The molecule has 15 heavy (non-hydrogen) atoms. The van der Waals surface area contributed by atoms with E-state index in [2.05, 4.69) is 4.74 Å². The summed E-state index contributed by atoms with van der Waals surface area (Å²) in [6, 6.07) is 3.75. The minimum Gasteiger partial charge on any atom is -0.432 e. The van der Waals surface area contributed by atoms with Gasteiger partial charge in [-0.3, -0.25) is 0 Å². The molecule has 5 heteroatoms. The van der Waals surface area contributed by atoms with Gasteiger partial charge in [0.25, 0.3) is 0 Å². The molecule has 1 aromatic carbocycles. The molecular weight excluding hydrogens is 207 g/mol. The maximum atomic E-state index is 13.2. The second-order valence-electron chi connectivity index (χ2n) is 3.32. The molecule has 2 N–H and O–H groups in total. The Hall–Kier alpha value is -1.23. The second-order valence-corrected chi connectivity index (χ2v) is 3.32. The van der Waals surface area contributed by atoms with Crippen LogP contribution < -0.4 is 10.5 Å². The molecule has 0 bridgehead atoms. The summed E-state index contributed by atoms with van der Waals surface area (Å²) >= 11 is 0. The Labute approximate surface area is 85.8 Å². The summed E-state index contributed by atoms with van der Waals surface area (Å²) in [5.74, 6) is -1.24. The summed E-state index contributed by atoms with van der Waals surface area (Å²) in [5.41, 5.74) is 6.18. The van der Waals surface area contributed by atoms with E-state index in [0.29, 0.717) is 12.0 Å². The normalized spacial score (nSPS) is 12.9. The second kappa shape index (κ2) is 5.02. The number of alkyl halides is 2. The van der Waals surface area contributed by atoms with E-state index in [1.165, 1.54) is 12.1 Å². The molecule has 0 heterocycles. The average Bonchev–Trinajstić information content (AvgIpc) is 2.08. The number of rotatable bonds is 4. The number of nitrogens with two attached hydrogens (primary N) is 1. The first-order chi connectivity index (χ1) is 6.99. The first-order valence-corrected chi connectivity index (χ1v) is 4.48. The molecule has 0 radical (unpaired) electrons. The Bertz CT molecular complexity index is 328. The van der Waals surface area contributed by atoms with E-state index < -0.39 is 18.2 Å². The third-order valence-electron chi connectivity index (χ3n) is 1.77. The van der Waals surface area contributed by atoms with Crippen LogP contribution in [0.5, 0.6) is 5.75 Å². The highest BCUT2D eigenvalue weighted by atomic mass is 19.3. The first kappa shape index (κ1) is 11.8. The number of hydrogen-bond donors (Lipinski definition) is 1. The fourth-order valence-electron chi connectivity index (χ4n) is 1.23. The Morgan fingerprint density at radius 3 is 2.53 bits per heavy atom. The molecule has 84 valence electrons. The van der Waals surface area contributed by atoms with E-state index in [9.17, 15) is 13.2 Å². The van der Waals surface area contributed by atoms with Gasteiger partial charge in [-0.2, -0.15) is 8.78 Å². The smallest absolute Gasteiger partial charge is 0.387 e. The summed E-state index contributed by atoms with van der Waals surface area (Å²) in [4.78, 5) is 0. The predicted octanol–water partition coefficient (Wildman–Crippen LogP) is 2.32. The van der Waals surface area contributed by atoms with Crippen molar-refractivity contribution in [2.24, 2.45) is 5.73 Å². The van der Waals surface area contributed by atoms with Crippen LogP contribution in [0.3, 0.4) is 0 Å². The molecule has 0 aliphatic heterocycles. The zero-order chi connectivity index (χ0) is 11.4. The molecule has 1 rings (SSSR count). The van der Waals surface area contributed by atoms with E-state index >= 15 is 0 Å². The van der Waals surface area contributed by atoms with Gasteiger partial charge in [0, 0.05) is 6.04 Å². The molecule has 0 fully saturated rings. The Balaban J connectivity index is 2.78. The van der Waals surface area contributed by atoms with Crippen LogP contribution in [0.2, 0.25) is 0 Å². The molecule has 0 saturated heterocycles. The summed E-state index contributed by atoms with van der Waals surface area (Å²) in [6.45, 7) is -1.24. The third-order valence-corrected chi connectivity index (χ3v) is 1.77. The van der Waals surface area contributed by atoms with Crippen molar-refractivity contribution in [3.63, 3.8) is 0 Å². The number of benzene rings is 1. The zero-order valence-electron chi connectivity index (χ0n) is 8.21. The van der Waals surface area contributed by atoms with Crippen molar-refractivity contribution < 1.29 is 17.9 Å². The van der Waals surface area contributed by atoms with Crippen LogP contribution in [0.4, 0.5) is 13.2 Å². The maximum Gasteiger partial charge on any atom is 0.387 e. The van der Waals surface area contributed by atoms with Crippen molar-refractivity contribution in [2.45, 2.75) is 26.0 Å². The van der Waals surface area contributed by atoms with Crippen molar-refractivity contribution in [3.8, 4) is 5.75 Å². The van der Waals surface area contributed by atoms with Gasteiger partial charge in [0.15, 0.2) is 11.6 Å². The quantitative estimate of drug-likeness (QED) is 0.843. The summed E-state index contributed by atoms with van der Waals surface area (Å²) < 4.78 is 40.7. The molecule has 0 aliphatic carbocycles. The molecule has 0 saturated carbocycles. The van der Waals surface area contributed by atoms with Gasteiger partial charge >= 0.3 is 6.61 Å². The fourth-order valence-corrected chi connectivity index (χ4v) is 1.23. The summed E-state index contributed by atoms with van der Waals surface area (Å²) in [6.07, 6.45) is 0.492. The van der Waals surface area contributed by atoms with Crippen LogP contribution in [0.25, 0.3) is 0 Å². The van der Waals surface area contributed by atoms with Gasteiger partial charge in [-0.25, -0.2) is 4.39 Å². The van der Waals surface area contributed by atoms with E-state index in [1.54, 1.807) is 6.92 Å². The fraction of sp³-hybridized carbons (Fsp3) is 0.400. The lowest BCUT2D eigenvalue weighted by Crippen LogP contribution is -2.17. The topological polar surface area (TPSA) is 35.2 Å². The third kappa shape index (κ3) is 3.79. The summed E-state index contributed by atoms with van der Waals surface area (Å²) in [7, 11) is 0. The van der Waals surface area contributed by atoms with Gasteiger partial charge < -0.3 is 10.5 Å². The Kier molecular flexibility index (Phi) is 3.96. The van der Waals surface area contributed by atoms with Crippen LogP contribution in [-0.4, -0.2) is 12.7 Å². The van der Waals surface area contributed by atoms with Crippen LogP contribution in [0.1, 0.15) is 12.5 Å². The van der Waals surface area contributed by atoms with Gasteiger partial charge in [-0.05, 0) is 31.0 Å². The number of hydrogen-bond acceptors (Lipinski definition) is 2. The molecule has 0 spiro atoms. The van der Waals surface area contributed by atoms with Crippen LogP contribution in [0.15, 0.2) is 18.2 Å². The van der Waals surface area contributed by atoms with Gasteiger partial charge in [0.2, 0.25) is 0 Å². The van der Waals surface area contributed by atoms with Crippen molar-refractivity contribution in [1.29, 1.82) is 0 Å². The Morgan fingerprint density at radius 2 is 2.07 bits per heavy atom. The van der Waals surface area contributed by atoms with E-state index in [-0.39, 0.29) is 6.04 Å². The maximum absolute atomic E-state index is 13.2. The number of halogens is 3. The lowest BCUT2D eigenvalue weighted by molar-refractivity contribution is -0.0522. The van der Waals surface area contributed by atoms with Gasteiger partial charge in [-0.15, -0.1) is 0 Å². The largest absolute Gasteiger partial charge is 0.432 e. The number of ether oxygens (including phenoxy) is 1. The van der Waals surface area contributed by atoms with E-state index in [4.69, 9.17) is 5.73 Å². The van der Waals surface area contributed by atoms with Gasteiger partial charge in [-0.1, -0.05) is 6.07 Å². The first-order valence-electron chi connectivity index (χ1n) is 4.48. The SMILES string of the molecule is CC(N)Cc1ccc(OC(F)F)c(F)c1. The molecule has 0 aliphatic rings. The molecule has 1 aromatic rings. The van der Waals surface area contributed by atoms with Crippen molar-refractivity contribution in [1.82, 2.24) is 0 Å². The molecule has 1 unspecified atom stereocenters. The Morgan fingerprint density at radius 1 is 1.40 bits per heavy atom. The lowest BCUT2D eigenvalue weighted by atomic mass is 10.1. The summed E-state index contributed by atoms with van der Waals surface area (Å²) in [5, 5.41) is 0. The highest BCUT2D eigenvalue weighted by Gasteiger charge is 2.10. The minimum atomic E-state index is -3.02. The molecule has 0 amide bonds.